The van der Waals surface area contributed by atoms with Crippen LogP contribution in [-0.4, -0.2) is 48.7 Å². The molecule has 2 bridgehead atoms. The molecule has 1 fully saturated rings. The second kappa shape index (κ2) is 7.05. The highest BCUT2D eigenvalue weighted by atomic mass is 16.7. The molecule has 1 aromatic carbocycles. The third-order valence-corrected chi connectivity index (χ3v) is 4.68. The van der Waals surface area contributed by atoms with Crippen LogP contribution in [0.25, 0.3) is 0 Å². The van der Waals surface area contributed by atoms with Gasteiger partial charge in [-0.15, -0.1) is 0 Å². The van der Waals surface area contributed by atoms with Gasteiger partial charge in [0.15, 0.2) is 0 Å². The molecule has 1 aliphatic carbocycles. The second-order valence-electron chi connectivity index (χ2n) is 6.19. The summed E-state index contributed by atoms with van der Waals surface area (Å²) in [4.78, 5) is 31.6. The van der Waals surface area contributed by atoms with Gasteiger partial charge < -0.3 is 9.64 Å². The fourth-order valence-electron chi connectivity index (χ4n) is 3.35. The minimum atomic E-state index is -0.379. The molecule has 0 radical (unpaired) electrons. The van der Waals surface area contributed by atoms with Gasteiger partial charge in [-0.3, -0.25) is 9.63 Å². The van der Waals surface area contributed by atoms with E-state index in [-0.39, 0.29) is 36.5 Å². The molecule has 1 saturated heterocycles. The number of hydrogen-bond acceptors (Lipinski definition) is 4. The minimum Gasteiger partial charge on any atom is -0.445 e. The molecule has 3 aliphatic rings. The molecule has 128 valence electrons. The SMILES string of the molecule is CON(C)C(=O)C1CC2C=CC1N(C(=O)OCc1ccccc1)C2. The van der Waals surface area contributed by atoms with Gasteiger partial charge in [-0.2, -0.15) is 0 Å². The zero-order valence-corrected chi connectivity index (χ0v) is 13.9. The number of ether oxygens (including phenoxy) is 1. The van der Waals surface area contributed by atoms with Crippen molar-refractivity contribution in [2.45, 2.75) is 19.1 Å². The van der Waals surface area contributed by atoms with Gasteiger partial charge in [-0.25, -0.2) is 9.86 Å². The molecule has 0 aromatic heterocycles. The Labute approximate surface area is 141 Å². The van der Waals surface area contributed by atoms with E-state index in [1.54, 1.807) is 11.9 Å². The highest BCUT2D eigenvalue weighted by Crippen LogP contribution is 2.35. The van der Waals surface area contributed by atoms with E-state index in [0.717, 1.165) is 12.0 Å². The van der Waals surface area contributed by atoms with Gasteiger partial charge in [0.05, 0.1) is 19.1 Å². The Bertz CT molecular complexity index is 631. The first kappa shape index (κ1) is 16.5. The Balaban J connectivity index is 1.66. The van der Waals surface area contributed by atoms with Crippen LogP contribution in [0.4, 0.5) is 4.79 Å². The van der Waals surface area contributed by atoms with Crippen LogP contribution < -0.4 is 0 Å². The number of carbonyl (C=O) groups excluding carboxylic acids is 2. The Hall–Kier alpha value is -2.34. The Kier molecular flexibility index (Phi) is 4.85. The Morgan fingerprint density at radius 3 is 2.67 bits per heavy atom. The zero-order chi connectivity index (χ0) is 17.1. The number of hydrogen-bond donors (Lipinski definition) is 0. The summed E-state index contributed by atoms with van der Waals surface area (Å²) in [6.07, 6.45) is 4.38. The number of benzene rings is 1. The molecule has 6 nitrogen and oxygen atoms in total. The van der Waals surface area contributed by atoms with Crippen LogP contribution in [0.5, 0.6) is 0 Å². The highest BCUT2D eigenvalue weighted by molar-refractivity contribution is 5.80. The molecule has 0 saturated carbocycles. The second-order valence-corrected chi connectivity index (χ2v) is 6.19. The van der Waals surface area contributed by atoms with Gasteiger partial charge in [0.1, 0.15) is 6.61 Å². The summed E-state index contributed by atoms with van der Waals surface area (Å²) < 4.78 is 5.43. The molecule has 0 spiro atoms. The van der Waals surface area contributed by atoms with E-state index in [9.17, 15) is 9.59 Å². The third-order valence-electron chi connectivity index (χ3n) is 4.68. The molecule has 2 aliphatic heterocycles. The summed E-state index contributed by atoms with van der Waals surface area (Å²) in [6.45, 7) is 0.823. The van der Waals surface area contributed by atoms with E-state index in [1.165, 1.54) is 12.2 Å². The van der Waals surface area contributed by atoms with E-state index in [0.29, 0.717) is 6.54 Å². The van der Waals surface area contributed by atoms with Crippen molar-refractivity contribution in [2.24, 2.45) is 11.8 Å². The number of hydroxylamine groups is 2. The Morgan fingerprint density at radius 2 is 2.00 bits per heavy atom. The maximum Gasteiger partial charge on any atom is 0.410 e. The lowest BCUT2D eigenvalue weighted by Gasteiger charge is -2.45. The molecule has 3 atom stereocenters. The summed E-state index contributed by atoms with van der Waals surface area (Å²) in [6, 6.07) is 9.28. The average Bonchev–Trinajstić information content (AvgIpc) is 2.65. The summed E-state index contributed by atoms with van der Waals surface area (Å²) in [5.74, 6) is -0.223. The fourth-order valence-corrected chi connectivity index (χ4v) is 3.35. The lowest BCUT2D eigenvalue weighted by atomic mass is 9.77. The summed E-state index contributed by atoms with van der Waals surface area (Å²) in [7, 11) is 3.05. The van der Waals surface area contributed by atoms with Gasteiger partial charge >= 0.3 is 6.09 Å². The van der Waals surface area contributed by atoms with Crippen molar-refractivity contribution in [3.05, 3.63) is 48.0 Å². The summed E-state index contributed by atoms with van der Waals surface area (Å²) >= 11 is 0. The number of carbonyl (C=O) groups is 2. The topological polar surface area (TPSA) is 59.1 Å². The van der Waals surface area contributed by atoms with Crippen molar-refractivity contribution >= 4 is 12.0 Å². The summed E-state index contributed by atoms with van der Waals surface area (Å²) in [5.41, 5.74) is 0.940. The van der Waals surface area contributed by atoms with Gasteiger partial charge in [0, 0.05) is 13.6 Å². The fraction of sp³-hybridized carbons (Fsp3) is 0.444. The maximum atomic E-state index is 12.5. The zero-order valence-electron chi connectivity index (χ0n) is 13.9. The molecule has 3 unspecified atom stereocenters. The van der Waals surface area contributed by atoms with Crippen molar-refractivity contribution < 1.29 is 19.2 Å². The predicted molar refractivity (Wildman–Crippen MR) is 87.6 cm³/mol. The molecule has 0 N–H and O–H groups in total. The van der Waals surface area contributed by atoms with Crippen LogP contribution in [0.2, 0.25) is 0 Å². The highest BCUT2D eigenvalue weighted by Gasteiger charge is 2.44. The van der Waals surface area contributed by atoms with E-state index in [2.05, 4.69) is 6.08 Å². The number of rotatable bonds is 4. The molecule has 1 aromatic rings. The molecule has 4 rings (SSSR count). The number of nitrogens with zero attached hydrogens (tertiary/aromatic N) is 2. The van der Waals surface area contributed by atoms with Crippen molar-refractivity contribution in [3.63, 3.8) is 0 Å². The van der Waals surface area contributed by atoms with Crippen LogP contribution in [0.1, 0.15) is 12.0 Å². The number of piperidine rings is 1. The Morgan fingerprint density at radius 1 is 1.25 bits per heavy atom. The van der Waals surface area contributed by atoms with Gasteiger partial charge in [-0.05, 0) is 17.9 Å². The smallest absolute Gasteiger partial charge is 0.410 e. The molecular weight excluding hydrogens is 308 g/mol. The predicted octanol–water partition coefficient (Wildman–Crippen LogP) is 2.22. The van der Waals surface area contributed by atoms with Crippen LogP contribution >= 0.6 is 0 Å². The van der Waals surface area contributed by atoms with E-state index < -0.39 is 0 Å². The largest absolute Gasteiger partial charge is 0.445 e. The normalized spacial score (nSPS) is 24.8. The van der Waals surface area contributed by atoms with Gasteiger partial charge in [-0.1, -0.05) is 42.5 Å². The van der Waals surface area contributed by atoms with Crippen LogP contribution in [0, 0.1) is 11.8 Å². The summed E-state index contributed by atoms with van der Waals surface area (Å²) in [5, 5.41) is 1.23. The first-order valence-electron chi connectivity index (χ1n) is 8.07. The van der Waals surface area contributed by atoms with Crippen LogP contribution in [0.3, 0.4) is 0 Å². The number of fused-ring (bicyclic) bond motifs is 2. The third kappa shape index (κ3) is 3.28. The van der Waals surface area contributed by atoms with Gasteiger partial charge in [0.25, 0.3) is 5.91 Å². The molecule has 2 heterocycles. The average molecular weight is 330 g/mol. The van der Waals surface area contributed by atoms with Crippen molar-refractivity contribution in [1.29, 1.82) is 0 Å². The van der Waals surface area contributed by atoms with E-state index in [4.69, 9.17) is 9.57 Å². The maximum absolute atomic E-state index is 12.5. The molecular formula is C18H22N2O4. The van der Waals surface area contributed by atoms with Crippen molar-refractivity contribution in [1.82, 2.24) is 9.96 Å². The number of amides is 2. The standard InChI is InChI=1S/C18H22N2O4/c1-19(23-2)17(21)15-10-14-8-9-16(15)20(11-14)18(22)24-12-13-6-4-3-5-7-13/h3-9,14-16H,10-12H2,1-2H3. The lowest BCUT2D eigenvalue weighted by molar-refractivity contribution is -0.177. The lowest BCUT2D eigenvalue weighted by Crippen LogP contribution is -2.56. The monoisotopic (exact) mass is 330 g/mol. The van der Waals surface area contributed by atoms with E-state index in [1.807, 2.05) is 36.4 Å². The quantitative estimate of drug-likeness (QED) is 0.627. The van der Waals surface area contributed by atoms with Crippen LogP contribution in [0.15, 0.2) is 42.5 Å². The van der Waals surface area contributed by atoms with E-state index >= 15 is 0 Å². The first-order chi connectivity index (χ1) is 11.6. The van der Waals surface area contributed by atoms with Crippen LogP contribution in [-0.2, 0) is 21.0 Å². The van der Waals surface area contributed by atoms with Crippen molar-refractivity contribution in [3.8, 4) is 0 Å². The van der Waals surface area contributed by atoms with Gasteiger partial charge in [0.2, 0.25) is 0 Å². The van der Waals surface area contributed by atoms with Crippen molar-refractivity contribution in [2.75, 3.05) is 20.7 Å². The molecule has 2 amide bonds. The minimum absolute atomic E-state index is 0.114. The molecule has 24 heavy (non-hydrogen) atoms. The molecule has 6 heteroatoms. The first-order valence-corrected chi connectivity index (χ1v) is 8.07.